The van der Waals surface area contributed by atoms with Gasteiger partial charge in [0.1, 0.15) is 0 Å². The van der Waals surface area contributed by atoms with Crippen molar-refractivity contribution in [3.8, 4) is 11.3 Å². The Kier molecular flexibility index (Phi) is 7.79. The maximum Gasteiger partial charge on any atom is 0.243 e. The molecule has 2 aromatic carbocycles. The Labute approximate surface area is 232 Å². The minimum Gasteiger partial charge on any atom is -0.388 e. The van der Waals surface area contributed by atoms with E-state index < -0.39 is 15.6 Å². The molecule has 0 saturated carbocycles. The molecule has 0 bridgehead atoms. The maximum absolute atomic E-state index is 13.3. The van der Waals surface area contributed by atoms with Gasteiger partial charge in [0.25, 0.3) is 0 Å². The standard InChI is InChI=1S/C30H39N5O3S/c1-29(2,3)24-8-6-23(7-9-24)27-14-17-31-28(33-27)32-25-10-12-26(13-11-25)39(37,38)35-20-15-30(36,16-21-35)22-34-18-4-5-19-34/h6-14,17,36H,4-5,15-16,18-22H2,1-3H3,(H,31,32,33). The average Bonchev–Trinajstić information content (AvgIpc) is 3.41. The third-order valence-corrected chi connectivity index (χ3v) is 9.73. The molecule has 2 aliphatic heterocycles. The second-order valence-electron chi connectivity index (χ2n) is 11.9. The van der Waals surface area contributed by atoms with E-state index in [4.69, 9.17) is 0 Å². The molecule has 39 heavy (non-hydrogen) atoms. The van der Waals surface area contributed by atoms with Crippen LogP contribution in [0.5, 0.6) is 0 Å². The number of rotatable bonds is 7. The van der Waals surface area contributed by atoms with Crippen molar-refractivity contribution in [3.63, 3.8) is 0 Å². The van der Waals surface area contributed by atoms with Crippen molar-refractivity contribution in [1.82, 2.24) is 19.2 Å². The lowest BCUT2D eigenvalue weighted by molar-refractivity contribution is -0.0284. The van der Waals surface area contributed by atoms with Crippen LogP contribution >= 0.6 is 0 Å². The van der Waals surface area contributed by atoms with Gasteiger partial charge in [-0.2, -0.15) is 4.31 Å². The largest absolute Gasteiger partial charge is 0.388 e. The van der Waals surface area contributed by atoms with Crippen LogP contribution < -0.4 is 5.32 Å². The number of aliphatic hydroxyl groups is 1. The van der Waals surface area contributed by atoms with Crippen molar-refractivity contribution in [3.05, 3.63) is 66.4 Å². The fraction of sp³-hybridized carbons (Fsp3) is 0.467. The zero-order chi connectivity index (χ0) is 27.7. The first kappa shape index (κ1) is 27.7. The topological polar surface area (TPSA) is 98.7 Å². The number of likely N-dealkylation sites (tertiary alicyclic amines) is 1. The van der Waals surface area contributed by atoms with Gasteiger partial charge in [-0.3, -0.25) is 0 Å². The number of benzene rings is 2. The number of sulfonamides is 1. The third-order valence-electron chi connectivity index (χ3n) is 7.82. The fourth-order valence-electron chi connectivity index (χ4n) is 5.37. The van der Waals surface area contributed by atoms with Gasteiger partial charge < -0.3 is 15.3 Å². The van der Waals surface area contributed by atoms with Crippen molar-refractivity contribution in [1.29, 1.82) is 0 Å². The lowest BCUT2D eigenvalue weighted by Crippen LogP contribution is -2.51. The van der Waals surface area contributed by atoms with Crippen molar-refractivity contribution >= 4 is 21.7 Å². The van der Waals surface area contributed by atoms with Gasteiger partial charge in [0.05, 0.1) is 16.2 Å². The number of hydrogen-bond donors (Lipinski definition) is 2. The van der Waals surface area contributed by atoms with E-state index >= 15 is 0 Å². The van der Waals surface area contributed by atoms with Crippen LogP contribution in [0.3, 0.4) is 0 Å². The first-order chi connectivity index (χ1) is 18.5. The van der Waals surface area contributed by atoms with Crippen LogP contribution in [0, 0.1) is 0 Å². The van der Waals surface area contributed by atoms with Gasteiger partial charge in [-0.25, -0.2) is 18.4 Å². The minimum absolute atomic E-state index is 0.0846. The van der Waals surface area contributed by atoms with Gasteiger partial charge in [0.2, 0.25) is 16.0 Å². The van der Waals surface area contributed by atoms with Crippen molar-refractivity contribution in [2.75, 3.05) is 38.0 Å². The van der Waals surface area contributed by atoms with Gasteiger partial charge in [-0.1, -0.05) is 45.0 Å². The van der Waals surface area contributed by atoms with Gasteiger partial charge in [-0.05, 0) is 80.1 Å². The molecule has 2 saturated heterocycles. The summed E-state index contributed by atoms with van der Waals surface area (Å²) in [4.78, 5) is 11.5. The molecule has 0 aliphatic carbocycles. The number of anilines is 2. The fourth-order valence-corrected chi connectivity index (χ4v) is 6.81. The third kappa shape index (κ3) is 6.49. The van der Waals surface area contributed by atoms with Gasteiger partial charge >= 0.3 is 0 Å². The van der Waals surface area contributed by atoms with Crippen LogP contribution in [-0.2, 0) is 15.4 Å². The van der Waals surface area contributed by atoms with Gasteiger partial charge in [-0.15, -0.1) is 0 Å². The number of nitrogens with zero attached hydrogens (tertiary/aromatic N) is 4. The normalized spacial score (nSPS) is 18.8. The predicted octanol–water partition coefficient (Wildman–Crippen LogP) is 4.80. The minimum atomic E-state index is -3.64. The van der Waals surface area contributed by atoms with Crippen LogP contribution in [-0.4, -0.2) is 71.0 Å². The summed E-state index contributed by atoms with van der Waals surface area (Å²) in [6, 6.07) is 16.9. The molecular weight excluding hydrogens is 510 g/mol. The summed E-state index contributed by atoms with van der Waals surface area (Å²) in [5.41, 5.74) is 3.05. The first-order valence-corrected chi connectivity index (χ1v) is 15.2. The quantitative estimate of drug-likeness (QED) is 0.437. The van der Waals surface area contributed by atoms with Crippen LogP contribution in [0.1, 0.15) is 52.0 Å². The zero-order valence-electron chi connectivity index (χ0n) is 23.1. The number of piperidine rings is 1. The van der Waals surface area contributed by atoms with Crippen molar-refractivity contribution < 1.29 is 13.5 Å². The smallest absolute Gasteiger partial charge is 0.243 e. The molecule has 2 fully saturated rings. The second kappa shape index (κ2) is 11.0. The number of hydrogen-bond acceptors (Lipinski definition) is 7. The number of β-amino-alcohol motifs (C(OH)–C–C–N with tert-alkyl or cyclic N) is 1. The summed E-state index contributed by atoms with van der Waals surface area (Å²) < 4.78 is 28.1. The van der Waals surface area contributed by atoms with Crippen LogP contribution in [0.2, 0.25) is 0 Å². The lowest BCUT2D eigenvalue weighted by Gasteiger charge is -2.39. The summed E-state index contributed by atoms with van der Waals surface area (Å²) in [6.07, 6.45) is 4.96. The highest BCUT2D eigenvalue weighted by molar-refractivity contribution is 7.89. The second-order valence-corrected chi connectivity index (χ2v) is 13.8. The van der Waals surface area contributed by atoms with E-state index in [0.717, 1.165) is 24.3 Å². The Bertz CT molecular complexity index is 1370. The van der Waals surface area contributed by atoms with Gasteiger partial charge in [0.15, 0.2) is 0 Å². The molecule has 3 heterocycles. The summed E-state index contributed by atoms with van der Waals surface area (Å²) >= 11 is 0. The Balaban J connectivity index is 1.22. The van der Waals surface area contributed by atoms with Gasteiger partial charge in [0, 0.05) is 37.1 Å². The van der Waals surface area contributed by atoms with Crippen LogP contribution in [0.4, 0.5) is 11.6 Å². The van der Waals surface area contributed by atoms with Crippen LogP contribution in [0.25, 0.3) is 11.3 Å². The molecule has 5 rings (SSSR count). The summed E-state index contributed by atoms with van der Waals surface area (Å²) in [5, 5.41) is 14.2. The van der Waals surface area contributed by atoms with E-state index in [9.17, 15) is 13.5 Å². The molecule has 2 N–H and O–H groups in total. The Morgan fingerprint density at radius 3 is 2.18 bits per heavy atom. The van der Waals surface area contributed by atoms with E-state index in [0.29, 0.717) is 44.1 Å². The molecule has 0 radical (unpaired) electrons. The highest BCUT2D eigenvalue weighted by Crippen LogP contribution is 2.30. The monoisotopic (exact) mass is 549 g/mol. The molecular formula is C30H39N5O3S. The Hall–Kier alpha value is -2.85. The van der Waals surface area contributed by atoms with E-state index in [2.05, 4.69) is 65.2 Å². The highest BCUT2D eigenvalue weighted by atomic mass is 32.2. The summed E-state index contributed by atoms with van der Waals surface area (Å²) in [5.74, 6) is 0.441. The zero-order valence-corrected chi connectivity index (χ0v) is 23.9. The predicted molar refractivity (Wildman–Crippen MR) is 155 cm³/mol. The van der Waals surface area contributed by atoms with Crippen LogP contribution in [0.15, 0.2) is 65.7 Å². The average molecular weight is 550 g/mol. The summed E-state index contributed by atoms with van der Waals surface area (Å²) in [7, 11) is -3.64. The van der Waals surface area contributed by atoms with E-state index in [1.165, 1.54) is 22.7 Å². The lowest BCUT2D eigenvalue weighted by atomic mass is 9.86. The molecule has 9 heteroatoms. The molecule has 0 atom stereocenters. The Morgan fingerprint density at radius 2 is 1.56 bits per heavy atom. The highest BCUT2D eigenvalue weighted by Gasteiger charge is 2.38. The summed E-state index contributed by atoms with van der Waals surface area (Å²) in [6.45, 7) is 9.88. The molecule has 0 unspecified atom stereocenters. The molecule has 0 spiro atoms. The molecule has 8 nitrogen and oxygen atoms in total. The molecule has 1 aromatic heterocycles. The molecule has 208 valence electrons. The van der Waals surface area contributed by atoms with E-state index in [1.807, 2.05) is 6.07 Å². The first-order valence-electron chi connectivity index (χ1n) is 13.8. The van der Waals surface area contributed by atoms with Crippen molar-refractivity contribution in [2.45, 2.75) is 62.4 Å². The van der Waals surface area contributed by atoms with E-state index in [-0.39, 0.29) is 10.3 Å². The SMILES string of the molecule is CC(C)(C)c1ccc(-c2ccnc(Nc3ccc(S(=O)(=O)N4CCC(O)(CN5CCCC5)CC4)cc3)n2)cc1. The van der Waals surface area contributed by atoms with E-state index in [1.54, 1.807) is 30.5 Å². The number of nitrogens with one attached hydrogen (secondary N) is 1. The number of aromatic nitrogens is 2. The molecule has 0 amide bonds. The molecule has 2 aliphatic rings. The molecule has 3 aromatic rings. The van der Waals surface area contributed by atoms with Crippen molar-refractivity contribution in [2.24, 2.45) is 0 Å². The Morgan fingerprint density at radius 1 is 0.923 bits per heavy atom. The maximum atomic E-state index is 13.3.